The number of methoxy groups -OCH3 is 1. The summed E-state index contributed by atoms with van der Waals surface area (Å²) < 4.78 is 5.13. The molecule has 0 saturated heterocycles. The van der Waals surface area contributed by atoms with E-state index >= 15 is 0 Å². The summed E-state index contributed by atoms with van der Waals surface area (Å²) in [4.78, 5) is 12.3. The molecular weight excluding hydrogens is 352 g/mol. The molecule has 0 aliphatic rings. The van der Waals surface area contributed by atoms with Crippen LogP contribution in [-0.2, 0) is 0 Å². The molecule has 0 aliphatic heterocycles. The predicted molar refractivity (Wildman–Crippen MR) is 102 cm³/mol. The molecule has 2 aromatic carbocycles. The number of aromatic amines is 1. The van der Waals surface area contributed by atoms with Crippen molar-refractivity contribution in [2.45, 2.75) is 6.92 Å². The molecule has 2 N–H and O–H groups in total. The van der Waals surface area contributed by atoms with Crippen LogP contribution in [0.3, 0.4) is 0 Å². The SMILES string of the molecule is COc1ccc(-c2cc(C(=O)NN=C(C)c3ccccc3Cl)[nH]n2)cc1. The van der Waals surface area contributed by atoms with Gasteiger partial charge >= 0.3 is 0 Å². The third-order valence-electron chi connectivity index (χ3n) is 3.80. The van der Waals surface area contributed by atoms with Crippen molar-refractivity contribution in [2.75, 3.05) is 7.11 Å². The van der Waals surface area contributed by atoms with E-state index in [0.717, 1.165) is 16.9 Å². The van der Waals surface area contributed by atoms with Gasteiger partial charge in [-0.1, -0.05) is 29.8 Å². The Morgan fingerprint density at radius 3 is 2.62 bits per heavy atom. The number of hydrogen-bond donors (Lipinski definition) is 2. The number of aromatic nitrogens is 2. The number of hydrogen-bond acceptors (Lipinski definition) is 4. The molecule has 1 aromatic heterocycles. The third kappa shape index (κ3) is 3.92. The first-order valence-electron chi connectivity index (χ1n) is 7.88. The van der Waals surface area contributed by atoms with Crippen LogP contribution >= 0.6 is 11.6 Å². The van der Waals surface area contributed by atoms with Gasteiger partial charge in [-0.2, -0.15) is 10.2 Å². The number of benzene rings is 2. The van der Waals surface area contributed by atoms with Crippen molar-refractivity contribution in [3.05, 3.63) is 70.9 Å². The van der Waals surface area contributed by atoms with Gasteiger partial charge in [0.2, 0.25) is 0 Å². The van der Waals surface area contributed by atoms with E-state index in [4.69, 9.17) is 16.3 Å². The Hall–Kier alpha value is -3.12. The Morgan fingerprint density at radius 2 is 1.92 bits per heavy atom. The van der Waals surface area contributed by atoms with Crippen LogP contribution in [-0.4, -0.2) is 28.9 Å². The number of halogens is 1. The zero-order valence-corrected chi connectivity index (χ0v) is 15.0. The molecule has 3 rings (SSSR count). The fraction of sp³-hybridized carbons (Fsp3) is 0.105. The largest absolute Gasteiger partial charge is 0.497 e. The number of hydrazone groups is 1. The topological polar surface area (TPSA) is 79.4 Å². The lowest BCUT2D eigenvalue weighted by Gasteiger charge is -2.03. The number of H-pyrrole nitrogens is 1. The number of nitrogens with zero attached hydrogens (tertiary/aromatic N) is 2. The smallest absolute Gasteiger partial charge is 0.289 e. The normalized spacial score (nSPS) is 11.3. The molecule has 0 spiro atoms. The summed E-state index contributed by atoms with van der Waals surface area (Å²) in [6.07, 6.45) is 0. The Kier molecular flexibility index (Phi) is 5.34. The zero-order chi connectivity index (χ0) is 18.5. The molecule has 0 radical (unpaired) electrons. The zero-order valence-electron chi connectivity index (χ0n) is 14.3. The van der Waals surface area contributed by atoms with Crippen molar-refractivity contribution < 1.29 is 9.53 Å². The van der Waals surface area contributed by atoms with Crippen LogP contribution in [0.25, 0.3) is 11.3 Å². The Balaban J connectivity index is 1.72. The molecular formula is C19H17ClN4O2. The fourth-order valence-electron chi connectivity index (χ4n) is 2.36. The molecule has 7 heteroatoms. The second-order valence-corrected chi connectivity index (χ2v) is 5.92. The van der Waals surface area contributed by atoms with Crippen molar-refractivity contribution >= 4 is 23.2 Å². The highest BCUT2D eigenvalue weighted by atomic mass is 35.5. The van der Waals surface area contributed by atoms with Crippen LogP contribution in [0.2, 0.25) is 5.02 Å². The van der Waals surface area contributed by atoms with Crippen molar-refractivity contribution in [2.24, 2.45) is 5.10 Å². The quantitative estimate of drug-likeness (QED) is 0.529. The van der Waals surface area contributed by atoms with Crippen LogP contribution < -0.4 is 10.2 Å². The molecule has 1 heterocycles. The van der Waals surface area contributed by atoms with E-state index < -0.39 is 0 Å². The van der Waals surface area contributed by atoms with Gasteiger partial charge in [0, 0.05) is 16.1 Å². The van der Waals surface area contributed by atoms with Gasteiger partial charge in [0.05, 0.1) is 18.5 Å². The number of carbonyl (C=O) groups is 1. The summed E-state index contributed by atoms with van der Waals surface area (Å²) in [7, 11) is 1.61. The summed E-state index contributed by atoms with van der Waals surface area (Å²) in [5, 5.41) is 11.6. The van der Waals surface area contributed by atoms with Gasteiger partial charge in [0.1, 0.15) is 11.4 Å². The first-order chi connectivity index (χ1) is 12.6. The van der Waals surface area contributed by atoms with E-state index in [1.165, 1.54) is 0 Å². The van der Waals surface area contributed by atoms with Gasteiger partial charge in [0.15, 0.2) is 0 Å². The molecule has 0 aliphatic carbocycles. The maximum absolute atomic E-state index is 12.3. The fourth-order valence-corrected chi connectivity index (χ4v) is 2.63. The van der Waals surface area contributed by atoms with Crippen LogP contribution in [0.4, 0.5) is 0 Å². The summed E-state index contributed by atoms with van der Waals surface area (Å²) in [6.45, 7) is 1.78. The molecule has 132 valence electrons. The van der Waals surface area contributed by atoms with Gasteiger partial charge < -0.3 is 4.74 Å². The molecule has 0 atom stereocenters. The highest BCUT2D eigenvalue weighted by Crippen LogP contribution is 2.21. The predicted octanol–water partition coefficient (Wildman–Crippen LogP) is 3.89. The summed E-state index contributed by atoms with van der Waals surface area (Å²) >= 11 is 6.13. The van der Waals surface area contributed by atoms with Crippen molar-refractivity contribution in [1.29, 1.82) is 0 Å². The van der Waals surface area contributed by atoms with E-state index in [0.29, 0.717) is 22.1 Å². The van der Waals surface area contributed by atoms with Gasteiger partial charge in [-0.05, 0) is 43.3 Å². The first-order valence-corrected chi connectivity index (χ1v) is 8.25. The minimum atomic E-state index is -0.385. The molecule has 0 fully saturated rings. The van der Waals surface area contributed by atoms with Gasteiger partial charge in [-0.25, -0.2) is 5.43 Å². The number of carbonyl (C=O) groups excluding carboxylic acids is 1. The van der Waals surface area contributed by atoms with Gasteiger partial charge in [0.25, 0.3) is 5.91 Å². The third-order valence-corrected chi connectivity index (χ3v) is 4.13. The van der Waals surface area contributed by atoms with E-state index in [1.54, 1.807) is 26.2 Å². The molecule has 0 saturated carbocycles. The first kappa shape index (κ1) is 17.7. The summed E-state index contributed by atoms with van der Waals surface area (Å²) in [5.41, 5.74) is 5.72. The van der Waals surface area contributed by atoms with Crippen LogP contribution in [0.15, 0.2) is 59.7 Å². The van der Waals surface area contributed by atoms with Crippen LogP contribution in [0.5, 0.6) is 5.75 Å². The molecule has 26 heavy (non-hydrogen) atoms. The maximum Gasteiger partial charge on any atom is 0.289 e. The second-order valence-electron chi connectivity index (χ2n) is 5.51. The lowest BCUT2D eigenvalue weighted by atomic mass is 10.1. The van der Waals surface area contributed by atoms with Gasteiger partial charge in [-0.15, -0.1) is 0 Å². The summed E-state index contributed by atoms with van der Waals surface area (Å²) in [6, 6.07) is 16.4. The highest BCUT2D eigenvalue weighted by Gasteiger charge is 2.11. The lowest BCUT2D eigenvalue weighted by Crippen LogP contribution is -2.19. The van der Waals surface area contributed by atoms with E-state index in [2.05, 4.69) is 20.7 Å². The average Bonchev–Trinajstić information content (AvgIpc) is 3.16. The van der Waals surface area contributed by atoms with Crippen molar-refractivity contribution in [3.63, 3.8) is 0 Å². The lowest BCUT2D eigenvalue weighted by molar-refractivity contribution is 0.0950. The highest BCUT2D eigenvalue weighted by molar-refractivity contribution is 6.34. The monoisotopic (exact) mass is 368 g/mol. The molecule has 0 bridgehead atoms. The number of amides is 1. The molecule has 1 amide bonds. The maximum atomic E-state index is 12.3. The molecule has 0 unspecified atom stereocenters. The van der Waals surface area contributed by atoms with Crippen LogP contribution in [0.1, 0.15) is 23.0 Å². The minimum Gasteiger partial charge on any atom is -0.497 e. The van der Waals surface area contributed by atoms with E-state index in [1.807, 2.05) is 42.5 Å². The Morgan fingerprint density at radius 1 is 1.19 bits per heavy atom. The minimum absolute atomic E-state index is 0.312. The van der Waals surface area contributed by atoms with Gasteiger partial charge in [-0.3, -0.25) is 9.89 Å². The standard InChI is InChI=1S/C19H17ClN4O2/c1-12(15-5-3-4-6-16(15)20)21-24-19(25)18-11-17(22-23-18)13-7-9-14(26-2)10-8-13/h3-11H,1-2H3,(H,22,23)(H,24,25). The van der Waals surface area contributed by atoms with Crippen molar-refractivity contribution in [3.8, 4) is 17.0 Å². The Labute approximate surface area is 155 Å². The van der Waals surface area contributed by atoms with E-state index in [9.17, 15) is 4.79 Å². The molecule has 3 aromatic rings. The average molecular weight is 369 g/mol. The number of nitrogens with one attached hydrogen (secondary N) is 2. The number of ether oxygens (including phenoxy) is 1. The summed E-state index contributed by atoms with van der Waals surface area (Å²) in [5.74, 6) is 0.371. The van der Waals surface area contributed by atoms with Crippen LogP contribution in [0, 0.1) is 0 Å². The number of rotatable bonds is 5. The van der Waals surface area contributed by atoms with E-state index in [-0.39, 0.29) is 5.91 Å². The molecule has 6 nitrogen and oxygen atoms in total. The Bertz CT molecular complexity index is 948. The second kappa shape index (κ2) is 7.84. The van der Waals surface area contributed by atoms with Crippen molar-refractivity contribution in [1.82, 2.24) is 15.6 Å².